The molecule has 1 aromatic rings. The molecule has 0 bridgehead atoms. The number of benzene rings is 1. The lowest BCUT2D eigenvalue weighted by Crippen LogP contribution is -2.39. The Kier molecular flexibility index (Phi) is 9.77. The lowest BCUT2D eigenvalue weighted by atomic mass is 10.0. The second kappa shape index (κ2) is 11.0. The molecular formula is C19H32ClNO. The van der Waals surface area contributed by atoms with Crippen LogP contribution in [0.1, 0.15) is 71.0 Å². The van der Waals surface area contributed by atoms with E-state index in [0.717, 1.165) is 18.7 Å². The maximum atomic E-state index is 10.7. The van der Waals surface area contributed by atoms with Crippen molar-refractivity contribution in [2.24, 2.45) is 0 Å². The van der Waals surface area contributed by atoms with Crippen molar-refractivity contribution >= 4 is 11.6 Å². The second-order valence-corrected chi connectivity index (χ2v) is 6.62. The average Bonchev–Trinajstić information content (AvgIpc) is 2.53. The van der Waals surface area contributed by atoms with Crippen molar-refractivity contribution in [3.05, 3.63) is 34.9 Å². The van der Waals surface area contributed by atoms with Gasteiger partial charge in [-0.2, -0.15) is 0 Å². The van der Waals surface area contributed by atoms with Crippen LogP contribution in [0.4, 0.5) is 0 Å². The molecule has 0 fully saturated rings. The van der Waals surface area contributed by atoms with E-state index in [4.69, 9.17) is 11.6 Å². The Morgan fingerprint density at radius 3 is 1.91 bits per heavy atom. The van der Waals surface area contributed by atoms with Gasteiger partial charge in [-0.15, -0.1) is 0 Å². The fourth-order valence-corrected chi connectivity index (χ4v) is 2.91. The Balaban J connectivity index is 2.66. The van der Waals surface area contributed by atoms with Gasteiger partial charge >= 0.3 is 0 Å². The monoisotopic (exact) mass is 325 g/mol. The van der Waals surface area contributed by atoms with Gasteiger partial charge in [0.25, 0.3) is 0 Å². The molecule has 0 saturated carbocycles. The third kappa shape index (κ3) is 6.68. The van der Waals surface area contributed by atoms with Crippen molar-refractivity contribution in [1.82, 2.24) is 4.90 Å². The third-order valence-electron chi connectivity index (χ3n) is 4.34. The SMILES string of the molecule is CCCCCN(CCCCC)[C@@H](C)[C@H](O)c1ccc(Cl)cc1. The van der Waals surface area contributed by atoms with Crippen LogP contribution in [0.2, 0.25) is 5.02 Å². The number of aliphatic hydroxyl groups is 1. The number of hydrogen-bond acceptors (Lipinski definition) is 2. The molecule has 3 heteroatoms. The molecule has 2 atom stereocenters. The van der Waals surface area contributed by atoms with E-state index in [0.29, 0.717) is 5.02 Å². The zero-order chi connectivity index (χ0) is 16.4. The summed E-state index contributed by atoms with van der Waals surface area (Å²) in [4.78, 5) is 2.45. The molecule has 0 aliphatic rings. The van der Waals surface area contributed by atoms with Crippen LogP contribution in [-0.4, -0.2) is 29.1 Å². The van der Waals surface area contributed by atoms with E-state index in [-0.39, 0.29) is 6.04 Å². The van der Waals surface area contributed by atoms with Gasteiger partial charge in [0.1, 0.15) is 0 Å². The van der Waals surface area contributed by atoms with Crippen LogP contribution in [0.15, 0.2) is 24.3 Å². The van der Waals surface area contributed by atoms with Crippen molar-refractivity contribution < 1.29 is 5.11 Å². The number of halogens is 1. The number of rotatable bonds is 11. The van der Waals surface area contributed by atoms with Crippen LogP contribution in [-0.2, 0) is 0 Å². The summed E-state index contributed by atoms with van der Waals surface area (Å²) in [6.07, 6.45) is 6.94. The first-order chi connectivity index (χ1) is 10.6. The zero-order valence-electron chi connectivity index (χ0n) is 14.4. The summed E-state index contributed by atoms with van der Waals surface area (Å²) < 4.78 is 0. The second-order valence-electron chi connectivity index (χ2n) is 6.19. The molecule has 1 rings (SSSR count). The Morgan fingerprint density at radius 2 is 1.45 bits per heavy atom. The Hall–Kier alpha value is -0.570. The minimum atomic E-state index is -0.458. The molecule has 0 aliphatic heterocycles. The van der Waals surface area contributed by atoms with Gasteiger partial charge in [0.15, 0.2) is 0 Å². The number of unbranched alkanes of at least 4 members (excludes halogenated alkanes) is 4. The fourth-order valence-electron chi connectivity index (χ4n) is 2.79. The molecule has 0 radical (unpaired) electrons. The van der Waals surface area contributed by atoms with E-state index in [9.17, 15) is 5.11 Å². The first kappa shape index (κ1) is 19.5. The van der Waals surface area contributed by atoms with Crippen molar-refractivity contribution in [2.45, 2.75) is 71.4 Å². The molecule has 0 amide bonds. The molecule has 0 unspecified atom stereocenters. The predicted octanol–water partition coefficient (Wildman–Crippen LogP) is 5.44. The first-order valence-electron chi connectivity index (χ1n) is 8.77. The van der Waals surface area contributed by atoms with E-state index in [2.05, 4.69) is 25.7 Å². The van der Waals surface area contributed by atoms with E-state index < -0.39 is 6.10 Å². The molecule has 126 valence electrons. The summed E-state index contributed by atoms with van der Waals surface area (Å²) in [5.41, 5.74) is 0.952. The van der Waals surface area contributed by atoms with E-state index in [1.165, 1.54) is 38.5 Å². The Labute approximate surface area is 141 Å². The highest BCUT2D eigenvalue weighted by atomic mass is 35.5. The fraction of sp³-hybridized carbons (Fsp3) is 0.684. The zero-order valence-corrected chi connectivity index (χ0v) is 15.1. The summed E-state index contributed by atoms with van der Waals surface area (Å²) in [5.74, 6) is 0. The van der Waals surface area contributed by atoms with Crippen molar-refractivity contribution in [3.63, 3.8) is 0 Å². The van der Waals surface area contributed by atoms with Crippen LogP contribution in [0.3, 0.4) is 0 Å². The molecule has 2 nitrogen and oxygen atoms in total. The van der Waals surface area contributed by atoms with Crippen molar-refractivity contribution in [1.29, 1.82) is 0 Å². The van der Waals surface area contributed by atoms with Gasteiger partial charge in [-0.05, 0) is 50.6 Å². The number of hydrogen-bond donors (Lipinski definition) is 1. The first-order valence-corrected chi connectivity index (χ1v) is 9.15. The lowest BCUT2D eigenvalue weighted by molar-refractivity contribution is 0.0556. The largest absolute Gasteiger partial charge is 0.387 e. The molecular weight excluding hydrogens is 294 g/mol. The number of aliphatic hydroxyl groups excluding tert-OH is 1. The van der Waals surface area contributed by atoms with E-state index in [1.807, 2.05) is 24.3 Å². The standard InChI is InChI=1S/C19H32ClNO/c1-4-6-8-14-21(15-9-7-5-2)16(3)19(22)17-10-12-18(20)13-11-17/h10-13,16,19,22H,4-9,14-15H2,1-3H3/t16-,19-/m0/s1. The molecule has 1 aromatic carbocycles. The van der Waals surface area contributed by atoms with Crippen molar-refractivity contribution in [2.75, 3.05) is 13.1 Å². The maximum absolute atomic E-state index is 10.7. The minimum Gasteiger partial charge on any atom is -0.387 e. The van der Waals surface area contributed by atoms with Gasteiger partial charge < -0.3 is 5.11 Å². The van der Waals surface area contributed by atoms with Gasteiger partial charge in [-0.3, -0.25) is 4.90 Å². The molecule has 0 spiro atoms. The minimum absolute atomic E-state index is 0.134. The van der Waals surface area contributed by atoms with Crippen LogP contribution in [0.25, 0.3) is 0 Å². The lowest BCUT2D eigenvalue weighted by Gasteiger charge is -2.32. The third-order valence-corrected chi connectivity index (χ3v) is 4.59. The van der Waals surface area contributed by atoms with Crippen LogP contribution in [0.5, 0.6) is 0 Å². The highest BCUT2D eigenvalue weighted by molar-refractivity contribution is 6.30. The van der Waals surface area contributed by atoms with Crippen molar-refractivity contribution in [3.8, 4) is 0 Å². The topological polar surface area (TPSA) is 23.5 Å². The summed E-state index contributed by atoms with van der Waals surface area (Å²) in [7, 11) is 0. The summed E-state index contributed by atoms with van der Waals surface area (Å²) in [5, 5.41) is 11.4. The molecule has 0 saturated heterocycles. The quantitative estimate of drug-likeness (QED) is 0.547. The van der Waals surface area contributed by atoms with Crippen LogP contribution < -0.4 is 0 Å². The van der Waals surface area contributed by atoms with Gasteiger partial charge in [0, 0.05) is 11.1 Å². The van der Waals surface area contributed by atoms with Crippen LogP contribution in [0, 0.1) is 0 Å². The van der Waals surface area contributed by atoms with E-state index >= 15 is 0 Å². The predicted molar refractivity (Wildman–Crippen MR) is 96.5 cm³/mol. The molecule has 22 heavy (non-hydrogen) atoms. The molecule has 0 aliphatic carbocycles. The Bertz CT molecular complexity index is 383. The maximum Gasteiger partial charge on any atom is 0.0942 e. The molecule has 0 heterocycles. The Morgan fingerprint density at radius 1 is 0.955 bits per heavy atom. The highest BCUT2D eigenvalue weighted by Crippen LogP contribution is 2.23. The van der Waals surface area contributed by atoms with Gasteiger partial charge in [-0.25, -0.2) is 0 Å². The molecule has 1 N–H and O–H groups in total. The highest BCUT2D eigenvalue weighted by Gasteiger charge is 2.22. The summed E-state index contributed by atoms with van der Waals surface area (Å²) >= 11 is 5.94. The smallest absolute Gasteiger partial charge is 0.0942 e. The van der Waals surface area contributed by atoms with Crippen LogP contribution >= 0.6 is 11.6 Å². The normalized spacial score (nSPS) is 14.3. The average molecular weight is 326 g/mol. The summed E-state index contributed by atoms with van der Waals surface area (Å²) in [6, 6.07) is 7.70. The summed E-state index contributed by atoms with van der Waals surface area (Å²) in [6.45, 7) is 8.74. The van der Waals surface area contributed by atoms with E-state index in [1.54, 1.807) is 0 Å². The number of nitrogens with zero attached hydrogens (tertiary/aromatic N) is 1. The molecule has 0 aromatic heterocycles. The van der Waals surface area contributed by atoms with Gasteiger partial charge in [0.2, 0.25) is 0 Å². The van der Waals surface area contributed by atoms with Gasteiger partial charge in [0.05, 0.1) is 6.10 Å². The van der Waals surface area contributed by atoms with Gasteiger partial charge in [-0.1, -0.05) is 63.3 Å².